The third-order valence-corrected chi connectivity index (χ3v) is 3.43. The Labute approximate surface area is 131 Å². The van der Waals surface area contributed by atoms with Gasteiger partial charge in [0.15, 0.2) is 0 Å². The van der Waals surface area contributed by atoms with Gasteiger partial charge in [-0.2, -0.15) is 0 Å². The van der Waals surface area contributed by atoms with Crippen molar-refractivity contribution in [2.75, 3.05) is 5.32 Å². The number of primary amides is 1. The number of pyridine rings is 1. The van der Waals surface area contributed by atoms with Gasteiger partial charge in [-0.15, -0.1) is 0 Å². The van der Waals surface area contributed by atoms with Crippen LogP contribution >= 0.6 is 0 Å². The number of carbonyl (C=O) groups excluding carboxylic acids is 2. The van der Waals surface area contributed by atoms with Crippen molar-refractivity contribution in [3.05, 3.63) is 66.0 Å². The standard InChI is InChI=1S/C17H13N3O3/c18-16(22)10-5-6-14(19-9-10)17(23)20-13-7-8-15(21)12-4-2-1-3-11(12)13/h1-9,21H,(H2,18,22)(H,20,23). The number of nitrogens with zero attached hydrogens (tertiary/aromatic N) is 1. The number of phenols is 1. The van der Waals surface area contributed by atoms with Gasteiger partial charge in [0, 0.05) is 22.7 Å². The van der Waals surface area contributed by atoms with E-state index in [0.717, 1.165) is 5.39 Å². The molecule has 1 heterocycles. The van der Waals surface area contributed by atoms with Crippen LogP contribution in [0.5, 0.6) is 5.75 Å². The maximum absolute atomic E-state index is 12.3. The summed E-state index contributed by atoms with van der Waals surface area (Å²) in [6.07, 6.45) is 1.26. The highest BCUT2D eigenvalue weighted by Gasteiger charge is 2.12. The summed E-state index contributed by atoms with van der Waals surface area (Å²) in [6.45, 7) is 0. The maximum atomic E-state index is 12.3. The van der Waals surface area contributed by atoms with Crippen molar-refractivity contribution in [1.82, 2.24) is 4.98 Å². The number of hydrogen-bond donors (Lipinski definition) is 3. The van der Waals surface area contributed by atoms with Crippen molar-refractivity contribution >= 4 is 28.3 Å². The summed E-state index contributed by atoms with van der Waals surface area (Å²) in [5.74, 6) is -0.881. The quantitative estimate of drug-likeness (QED) is 0.645. The Bertz CT molecular complexity index is 905. The predicted octanol–water partition coefficient (Wildman–Crippen LogP) is 2.29. The van der Waals surface area contributed by atoms with Gasteiger partial charge in [-0.1, -0.05) is 24.3 Å². The molecule has 23 heavy (non-hydrogen) atoms. The summed E-state index contributed by atoms with van der Waals surface area (Å²) in [7, 11) is 0. The molecule has 0 unspecified atom stereocenters. The van der Waals surface area contributed by atoms with Gasteiger partial charge in [0.25, 0.3) is 5.91 Å². The third-order valence-electron chi connectivity index (χ3n) is 3.43. The summed E-state index contributed by atoms with van der Waals surface area (Å²) < 4.78 is 0. The lowest BCUT2D eigenvalue weighted by Gasteiger charge is -2.09. The average Bonchev–Trinajstić information content (AvgIpc) is 2.57. The van der Waals surface area contributed by atoms with Crippen LogP contribution in [0.15, 0.2) is 54.7 Å². The Balaban J connectivity index is 1.91. The summed E-state index contributed by atoms with van der Waals surface area (Å²) in [6, 6.07) is 13.2. The minimum atomic E-state index is -0.603. The number of nitrogens with one attached hydrogen (secondary N) is 1. The lowest BCUT2D eigenvalue weighted by Crippen LogP contribution is -2.16. The minimum absolute atomic E-state index is 0.141. The van der Waals surface area contributed by atoms with Crippen LogP contribution in [0.3, 0.4) is 0 Å². The molecule has 0 atom stereocenters. The molecule has 0 fully saturated rings. The van der Waals surface area contributed by atoms with Crippen molar-refractivity contribution < 1.29 is 14.7 Å². The molecule has 0 saturated heterocycles. The molecule has 0 bridgehead atoms. The first-order valence-corrected chi connectivity index (χ1v) is 6.84. The van der Waals surface area contributed by atoms with Gasteiger partial charge in [-0.3, -0.25) is 14.6 Å². The van der Waals surface area contributed by atoms with E-state index in [2.05, 4.69) is 10.3 Å². The second kappa shape index (κ2) is 5.76. The highest BCUT2D eigenvalue weighted by atomic mass is 16.3. The Morgan fingerprint density at radius 3 is 2.39 bits per heavy atom. The summed E-state index contributed by atoms with van der Waals surface area (Å²) in [5.41, 5.74) is 6.09. The Kier molecular flexibility index (Phi) is 3.64. The van der Waals surface area contributed by atoms with E-state index in [-0.39, 0.29) is 17.0 Å². The smallest absolute Gasteiger partial charge is 0.274 e. The number of amides is 2. The molecule has 0 radical (unpaired) electrons. The van der Waals surface area contributed by atoms with E-state index in [9.17, 15) is 14.7 Å². The van der Waals surface area contributed by atoms with Gasteiger partial charge in [0.05, 0.1) is 5.56 Å². The molecule has 0 aliphatic carbocycles. The van der Waals surface area contributed by atoms with E-state index in [1.54, 1.807) is 24.3 Å². The van der Waals surface area contributed by atoms with Crippen molar-refractivity contribution in [3.8, 4) is 5.75 Å². The van der Waals surface area contributed by atoms with Crippen LogP contribution in [0.4, 0.5) is 5.69 Å². The molecule has 0 saturated carbocycles. The summed E-state index contributed by atoms with van der Waals surface area (Å²) in [4.78, 5) is 27.2. The summed E-state index contributed by atoms with van der Waals surface area (Å²) in [5, 5.41) is 14.0. The zero-order valence-electron chi connectivity index (χ0n) is 12.0. The molecule has 6 heteroatoms. The zero-order chi connectivity index (χ0) is 16.4. The number of nitrogens with two attached hydrogens (primary N) is 1. The molecule has 2 aromatic carbocycles. The van der Waals surface area contributed by atoms with E-state index in [1.807, 2.05) is 6.07 Å². The van der Waals surface area contributed by atoms with Crippen LogP contribution in [0, 0.1) is 0 Å². The number of hydrogen-bond acceptors (Lipinski definition) is 4. The van der Waals surface area contributed by atoms with E-state index in [4.69, 9.17) is 5.73 Å². The van der Waals surface area contributed by atoms with Crippen molar-refractivity contribution in [3.63, 3.8) is 0 Å². The Hall–Kier alpha value is -3.41. The molecule has 0 aliphatic heterocycles. The first-order chi connectivity index (χ1) is 11.1. The van der Waals surface area contributed by atoms with E-state index < -0.39 is 11.8 Å². The zero-order valence-corrected chi connectivity index (χ0v) is 12.0. The molecule has 3 aromatic rings. The molecule has 114 valence electrons. The monoisotopic (exact) mass is 307 g/mol. The number of anilines is 1. The van der Waals surface area contributed by atoms with Crippen molar-refractivity contribution in [2.45, 2.75) is 0 Å². The molecular weight excluding hydrogens is 294 g/mol. The largest absolute Gasteiger partial charge is 0.507 e. The normalized spacial score (nSPS) is 10.4. The second-order valence-electron chi connectivity index (χ2n) is 4.93. The first-order valence-electron chi connectivity index (χ1n) is 6.84. The minimum Gasteiger partial charge on any atom is -0.507 e. The third kappa shape index (κ3) is 2.82. The predicted molar refractivity (Wildman–Crippen MR) is 86.3 cm³/mol. The second-order valence-corrected chi connectivity index (χ2v) is 4.93. The van der Waals surface area contributed by atoms with Crippen molar-refractivity contribution in [2.24, 2.45) is 5.73 Å². The van der Waals surface area contributed by atoms with Gasteiger partial charge < -0.3 is 16.2 Å². The van der Waals surface area contributed by atoms with Gasteiger partial charge in [0.1, 0.15) is 11.4 Å². The highest BCUT2D eigenvalue weighted by Crippen LogP contribution is 2.30. The number of phenolic OH excluding ortho intramolecular Hbond substituents is 1. The molecule has 1 aromatic heterocycles. The molecule has 6 nitrogen and oxygen atoms in total. The topological polar surface area (TPSA) is 105 Å². The van der Waals surface area contributed by atoms with Crippen LogP contribution in [-0.2, 0) is 0 Å². The molecule has 3 rings (SSSR count). The fourth-order valence-electron chi connectivity index (χ4n) is 2.25. The fraction of sp³-hybridized carbons (Fsp3) is 0. The SMILES string of the molecule is NC(=O)c1ccc(C(=O)Nc2ccc(O)c3ccccc23)nc1. The lowest BCUT2D eigenvalue weighted by molar-refractivity contribution is 0.0993. The summed E-state index contributed by atoms with van der Waals surface area (Å²) >= 11 is 0. The van der Waals surface area contributed by atoms with Crippen LogP contribution < -0.4 is 11.1 Å². The number of fused-ring (bicyclic) bond motifs is 1. The fourth-order valence-corrected chi connectivity index (χ4v) is 2.25. The van der Waals surface area contributed by atoms with Crippen LogP contribution in [-0.4, -0.2) is 21.9 Å². The van der Waals surface area contributed by atoms with Gasteiger partial charge >= 0.3 is 0 Å². The number of aromatic hydroxyl groups is 1. The Morgan fingerprint density at radius 2 is 1.74 bits per heavy atom. The molecule has 0 aliphatic rings. The number of benzene rings is 2. The van der Waals surface area contributed by atoms with Gasteiger partial charge in [0.2, 0.25) is 5.91 Å². The number of carbonyl (C=O) groups is 2. The van der Waals surface area contributed by atoms with Gasteiger partial charge in [-0.05, 0) is 24.3 Å². The molecule has 0 spiro atoms. The maximum Gasteiger partial charge on any atom is 0.274 e. The highest BCUT2D eigenvalue weighted by molar-refractivity contribution is 6.09. The number of rotatable bonds is 3. The Morgan fingerprint density at radius 1 is 1.00 bits per heavy atom. The van der Waals surface area contributed by atoms with E-state index >= 15 is 0 Å². The molecular formula is C17H13N3O3. The van der Waals surface area contributed by atoms with Gasteiger partial charge in [-0.25, -0.2) is 0 Å². The van der Waals surface area contributed by atoms with Crippen molar-refractivity contribution in [1.29, 1.82) is 0 Å². The van der Waals surface area contributed by atoms with Crippen LogP contribution in [0.1, 0.15) is 20.8 Å². The van der Waals surface area contributed by atoms with E-state index in [1.165, 1.54) is 24.4 Å². The van der Waals surface area contributed by atoms with E-state index in [0.29, 0.717) is 11.1 Å². The molecule has 2 amide bonds. The average molecular weight is 307 g/mol. The van der Waals surface area contributed by atoms with Crippen LogP contribution in [0.2, 0.25) is 0 Å². The lowest BCUT2D eigenvalue weighted by atomic mass is 10.1. The first kappa shape index (κ1) is 14.5. The number of aromatic nitrogens is 1. The van der Waals surface area contributed by atoms with Crippen LogP contribution in [0.25, 0.3) is 10.8 Å². The molecule has 4 N–H and O–H groups in total.